The lowest BCUT2D eigenvalue weighted by molar-refractivity contribution is -0.138. The lowest BCUT2D eigenvalue weighted by Crippen LogP contribution is -2.26. The molecule has 0 radical (unpaired) electrons. The molecule has 0 spiro atoms. The molecule has 1 aromatic carbocycles. The zero-order chi connectivity index (χ0) is 20.8. The first kappa shape index (κ1) is 20.1. The number of benzene rings is 1. The lowest BCUT2D eigenvalue weighted by atomic mass is 10.2. The molecule has 1 amide bonds. The third kappa shape index (κ3) is 5.23. The Hall–Kier alpha value is -3.60. The van der Waals surface area contributed by atoms with Crippen LogP contribution in [0.15, 0.2) is 51.2 Å². The van der Waals surface area contributed by atoms with Gasteiger partial charge in [-0.05, 0) is 35.9 Å². The quantitative estimate of drug-likeness (QED) is 0.301. The van der Waals surface area contributed by atoms with Gasteiger partial charge in [-0.25, -0.2) is 4.79 Å². The van der Waals surface area contributed by atoms with Gasteiger partial charge in [0.15, 0.2) is 16.7 Å². The number of hydrogen-bond acceptors (Lipinski definition) is 9. The number of hydrogen-bond donors (Lipinski definition) is 2. The summed E-state index contributed by atoms with van der Waals surface area (Å²) in [5.74, 6) is -1.59. The maximum atomic E-state index is 12.0. The Morgan fingerprint density at radius 3 is 2.86 bits per heavy atom. The fourth-order valence-corrected chi connectivity index (χ4v) is 3.20. The molecule has 0 saturated carbocycles. The number of carboxylic acid groups (broad SMARTS) is 1. The van der Waals surface area contributed by atoms with Crippen LogP contribution in [0.25, 0.3) is 0 Å². The van der Waals surface area contributed by atoms with Crippen LogP contribution in [-0.2, 0) is 9.59 Å². The van der Waals surface area contributed by atoms with E-state index >= 15 is 0 Å². The number of aliphatic carboxylic acids is 1. The number of amidine groups is 1. The molecule has 29 heavy (non-hydrogen) atoms. The second-order valence-electron chi connectivity index (χ2n) is 5.62. The normalized spacial score (nSPS) is 17.5. The molecule has 1 aliphatic rings. The van der Waals surface area contributed by atoms with Crippen molar-refractivity contribution in [1.29, 1.82) is 0 Å². The van der Waals surface area contributed by atoms with E-state index in [2.05, 4.69) is 15.5 Å². The summed E-state index contributed by atoms with van der Waals surface area (Å²) < 4.78 is 15.5. The van der Waals surface area contributed by atoms with Crippen molar-refractivity contribution in [3.8, 4) is 11.5 Å². The maximum absolute atomic E-state index is 12.0. The summed E-state index contributed by atoms with van der Waals surface area (Å²) >= 11 is 1.00. The Balaban J connectivity index is 1.66. The molecule has 11 heteroatoms. The van der Waals surface area contributed by atoms with Crippen LogP contribution >= 0.6 is 11.8 Å². The van der Waals surface area contributed by atoms with E-state index in [1.54, 1.807) is 18.2 Å². The summed E-state index contributed by atoms with van der Waals surface area (Å²) in [6.07, 6.45) is 2.48. The highest BCUT2D eigenvalue weighted by atomic mass is 32.2. The lowest BCUT2D eigenvalue weighted by Gasteiger charge is -2.08. The van der Waals surface area contributed by atoms with Crippen molar-refractivity contribution in [1.82, 2.24) is 5.32 Å². The number of nitrogens with one attached hydrogen (secondary N) is 1. The summed E-state index contributed by atoms with van der Waals surface area (Å²) in [5.41, 5.74) is 0.598. The van der Waals surface area contributed by atoms with E-state index in [-0.39, 0.29) is 23.1 Å². The fraction of sp³-hybridized carbons (Fsp3) is 0.167. The van der Waals surface area contributed by atoms with Crippen molar-refractivity contribution >= 4 is 41.0 Å². The van der Waals surface area contributed by atoms with Gasteiger partial charge in [0.1, 0.15) is 5.25 Å². The minimum atomic E-state index is -1.07. The zero-order valence-electron chi connectivity index (χ0n) is 15.0. The summed E-state index contributed by atoms with van der Waals surface area (Å²) in [4.78, 5) is 34.3. The van der Waals surface area contributed by atoms with Crippen LogP contribution in [0.4, 0.5) is 0 Å². The average Bonchev–Trinajstić information content (AvgIpc) is 3.33. The number of furan rings is 1. The number of ether oxygens (including phenoxy) is 2. The highest BCUT2D eigenvalue weighted by molar-refractivity contribution is 8.15. The summed E-state index contributed by atoms with van der Waals surface area (Å²) in [7, 11) is 1.42. The smallest absolute Gasteiger partial charge is 0.379 e. The SMILES string of the molecule is COc1cc(C=NN=C2NC(=O)C(CC(=O)O)S2)ccc1OC(=O)c1ccco1. The van der Waals surface area contributed by atoms with E-state index in [0.717, 1.165) is 11.8 Å². The first-order valence-electron chi connectivity index (χ1n) is 8.20. The molecule has 1 saturated heterocycles. The molecule has 2 aromatic rings. The molecule has 3 rings (SSSR count). The van der Waals surface area contributed by atoms with E-state index in [9.17, 15) is 14.4 Å². The summed E-state index contributed by atoms with van der Waals surface area (Å²) in [6, 6.07) is 7.80. The molecule has 10 nitrogen and oxygen atoms in total. The van der Waals surface area contributed by atoms with Gasteiger partial charge in [-0.2, -0.15) is 5.10 Å². The van der Waals surface area contributed by atoms with Crippen LogP contribution in [0.2, 0.25) is 0 Å². The largest absolute Gasteiger partial charge is 0.493 e. The number of amides is 1. The van der Waals surface area contributed by atoms with Crippen molar-refractivity contribution in [2.24, 2.45) is 10.2 Å². The van der Waals surface area contributed by atoms with Gasteiger partial charge in [0, 0.05) is 0 Å². The van der Waals surface area contributed by atoms with Crippen LogP contribution in [0, 0.1) is 0 Å². The zero-order valence-corrected chi connectivity index (χ0v) is 15.8. The number of esters is 1. The Morgan fingerprint density at radius 2 is 2.17 bits per heavy atom. The second kappa shape index (κ2) is 9.06. The molecule has 1 atom stereocenters. The van der Waals surface area contributed by atoms with Crippen molar-refractivity contribution < 1.29 is 33.4 Å². The highest BCUT2D eigenvalue weighted by Gasteiger charge is 2.32. The number of carboxylic acids is 1. The van der Waals surface area contributed by atoms with Crippen LogP contribution in [0.5, 0.6) is 11.5 Å². The van der Waals surface area contributed by atoms with Gasteiger partial charge in [-0.1, -0.05) is 11.8 Å². The van der Waals surface area contributed by atoms with Crippen molar-refractivity contribution in [2.75, 3.05) is 7.11 Å². The Morgan fingerprint density at radius 1 is 1.34 bits per heavy atom. The van der Waals surface area contributed by atoms with Crippen LogP contribution in [-0.4, -0.2) is 46.7 Å². The van der Waals surface area contributed by atoms with Crippen molar-refractivity contribution in [3.63, 3.8) is 0 Å². The van der Waals surface area contributed by atoms with Crippen LogP contribution in [0.3, 0.4) is 0 Å². The number of carbonyl (C=O) groups excluding carboxylic acids is 2. The third-order valence-corrected chi connectivity index (χ3v) is 4.68. The number of thioether (sulfide) groups is 1. The van der Waals surface area contributed by atoms with Crippen LogP contribution in [0.1, 0.15) is 22.5 Å². The minimum Gasteiger partial charge on any atom is -0.493 e. The Bertz CT molecular complexity index is 985. The fourth-order valence-electron chi connectivity index (χ4n) is 2.29. The third-order valence-electron chi connectivity index (χ3n) is 3.60. The second-order valence-corrected chi connectivity index (χ2v) is 6.81. The van der Waals surface area contributed by atoms with Gasteiger partial charge in [0.05, 0.1) is 26.0 Å². The molecule has 150 valence electrons. The molecule has 1 aromatic heterocycles. The van der Waals surface area contributed by atoms with Gasteiger partial charge in [0.2, 0.25) is 11.7 Å². The number of nitrogens with zero attached hydrogens (tertiary/aromatic N) is 2. The molecule has 2 heterocycles. The topological polar surface area (TPSA) is 140 Å². The molecule has 1 fully saturated rings. The van der Waals surface area contributed by atoms with Gasteiger partial charge in [0.25, 0.3) is 0 Å². The maximum Gasteiger partial charge on any atom is 0.379 e. The molecule has 1 unspecified atom stereocenters. The molecule has 1 aliphatic heterocycles. The minimum absolute atomic E-state index is 0.0610. The van der Waals surface area contributed by atoms with Crippen LogP contribution < -0.4 is 14.8 Å². The molecule has 2 N–H and O–H groups in total. The highest BCUT2D eigenvalue weighted by Crippen LogP contribution is 2.28. The van der Waals surface area contributed by atoms with Gasteiger partial charge in [-0.3, -0.25) is 9.59 Å². The number of methoxy groups -OCH3 is 1. The average molecular weight is 417 g/mol. The van der Waals surface area contributed by atoms with Gasteiger partial charge < -0.3 is 24.3 Å². The van der Waals surface area contributed by atoms with E-state index < -0.39 is 23.1 Å². The van der Waals surface area contributed by atoms with E-state index in [4.69, 9.17) is 19.0 Å². The van der Waals surface area contributed by atoms with E-state index in [0.29, 0.717) is 11.3 Å². The summed E-state index contributed by atoms with van der Waals surface area (Å²) in [6.45, 7) is 0. The Kier molecular flexibility index (Phi) is 6.29. The van der Waals surface area contributed by atoms with Crippen molar-refractivity contribution in [3.05, 3.63) is 47.9 Å². The number of rotatable bonds is 7. The first-order valence-corrected chi connectivity index (χ1v) is 9.08. The van der Waals surface area contributed by atoms with E-state index in [1.165, 1.54) is 31.7 Å². The van der Waals surface area contributed by atoms with E-state index in [1.807, 2.05) is 0 Å². The monoisotopic (exact) mass is 417 g/mol. The predicted molar refractivity (Wildman–Crippen MR) is 103 cm³/mol. The molecular weight excluding hydrogens is 402 g/mol. The number of carbonyl (C=O) groups is 3. The van der Waals surface area contributed by atoms with Gasteiger partial charge in [-0.15, -0.1) is 5.10 Å². The molecular formula is C18H15N3O7S. The van der Waals surface area contributed by atoms with Crippen molar-refractivity contribution in [2.45, 2.75) is 11.7 Å². The predicted octanol–water partition coefficient (Wildman–Crippen LogP) is 1.90. The first-order chi connectivity index (χ1) is 14.0. The Labute approximate surface area is 168 Å². The van der Waals surface area contributed by atoms with Gasteiger partial charge >= 0.3 is 11.9 Å². The standard InChI is InChI=1S/C18H15N3O7S/c1-26-13-7-10(4-5-11(13)28-17(25)12-3-2-6-27-12)9-19-21-18-20-16(24)14(29-18)8-15(22)23/h2-7,9,14H,8H2,1H3,(H,22,23)(H,20,21,24). The molecule has 0 bridgehead atoms. The molecule has 0 aliphatic carbocycles. The summed E-state index contributed by atoms with van der Waals surface area (Å²) in [5, 5.41) is 18.5.